The van der Waals surface area contributed by atoms with Gasteiger partial charge in [0.2, 0.25) is 5.92 Å². The summed E-state index contributed by atoms with van der Waals surface area (Å²) in [5, 5.41) is 0. The molecule has 6 nitrogen and oxygen atoms in total. The van der Waals surface area contributed by atoms with Gasteiger partial charge in [-0.05, 0) is 6.92 Å². The fraction of sp³-hybridized carbons (Fsp3) is 0.778. The van der Waals surface area contributed by atoms with Crippen molar-refractivity contribution in [3.63, 3.8) is 0 Å². The van der Waals surface area contributed by atoms with Crippen molar-refractivity contribution >= 4 is 11.9 Å². The van der Waals surface area contributed by atoms with E-state index in [-0.39, 0.29) is 0 Å². The molecule has 0 aromatic rings. The van der Waals surface area contributed by atoms with Crippen LogP contribution in [0.2, 0.25) is 0 Å². The van der Waals surface area contributed by atoms with Crippen molar-refractivity contribution in [3.8, 4) is 0 Å². The Bertz CT molecular complexity index is 217. The van der Waals surface area contributed by atoms with E-state index in [0.717, 1.165) is 0 Å². The number of methoxy groups -OCH3 is 4. The van der Waals surface area contributed by atoms with E-state index in [1.807, 2.05) is 0 Å². The molecule has 15 heavy (non-hydrogen) atoms. The van der Waals surface area contributed by atoms with Crippen LogP contribution < -0.4 is 0 Å². The number of hydrogen-bond acceptors (Lipinski definition) is 6. The van der Waals surface area contributed by atoms with Crippen molar-refractivity contribution in [3.05, 3.63) is 0 Å². The van der Waals surface area contributed by atoms with Crippen LogP contribution in [0.3, 0.4) is 0 Å². The quantitative estimate of drug-likeness (QED) is 0.368. The molecule has 0 aliphatic carbocycles. The van der Waals surface area contributed by atoms with Crippen LogP contribution in [0.25, 0.3) is 0 Å². The van der Waals surface area contributed by atoms with Crippen LogP contribution >= 0.6 is 0 Å². The van der Waals surface area contributed by atoms with Gasteiger partial charge in [0.05, 0.1) is 14.2 Å². The summed E-state index contributed by atoms with van der Waals surface area (Å²) in [6.07, 6.45) is 0. The number of hydrogen-bond donors (Lipinski definition) is 0. The molecule has 0 bridgehead atoms. The number of esters is 2. The number of ether oxygens (including phenoxy) is 4. The Kier molecular flexibility index (Phi) is 5.24. The zero-order valence-corrected chi connectivity index (χ0v) is 9.53. The number of carbonyl (C=O) groups is 2. The van der Waals surface area contributed by atoms with Gasteiger partial charge in [-0.25, -0.2) is 0 Å². The van der Waals surface area contributed by atoms with Crippen molar-refractivity contribution < 1.29 is 28.5 Å². The van der Waals surface area contributed by atoms with E-state index < -0.39 is 23.6 Å². The highest BCUT2D eigenvalue weighted by Gasteiger charge is 2.47. The minimum Gasteiger partial charge on any atom is -0.468 e. The molecule has 0 rings (SSSR count). The summed E-state index contributed by atoms with van der Waals surface area (Å²) in [4.78, 5) is 22.8. The predicted molar refractivity (Wildman–Crippen MR) is 49.9 cm³/mol. The summed E-state index contributed by atoms with van der Waals surface area (Å²) in [5.74, 6) is -4.22. The van der Waals surface area contributed by atoms with E-state index in [4.69, 9.17) is 9.47 Å². The summed E-state index contributed by atoms with van der Waals surface area (Å²) >= 11 is 0. The van der Waals surface area contributed by atoms with E-state index in [1.54, 1.807) is 0 Å². The van der Waals surface area contributed by atoms with Crippen molar-refractivity contribution in [1.29, 1.82) is 0 Å². The molecule has 0 aliphatic heterocycles. The van der Waals surface area contributed by atoms with Crippen LogP contribution in [-0.2, 0) is 28.5 Å². The molecule has 0 aromatic carbocycles. The van der Waals surface area contributed by atoms with Crippen LogP contribution in [0.1, 0.15) is 6.92 Å². The normalized spacial score (nSPS) is 11.3. The Balaban J connectivity index is 5.08. The van der Waals surface area contributed by atoms with Gasteiger partial charge in [-0.2, -0.15) is 0 Å². The second kappa shape index (κ2) is 5.67. The molecule has 0 saturated carbocycles. The highest BCUT2D eigenvalue weighted by Crippen LogP contribution is 2.24. The largest absolute Gasteiger partial charge is 0.468 e. The maximum atomic E-state index is 11.4. The first-order valence-corrected chi connectivity index (χ1v) is 4.22. The van der Waals surface area contributed by atoms with Gasteiger partial charge in [0, 0.05) is 14.2 Å². The third kappa shape index (κ3) is 2.90. The SMILES string of the molecule is COC(=O)C(C(=O)OC)C(C)(OC)OC. The number of rotatable bonds is 5. The second-order valence-electron chi connectivity index (χ2n) is 2.90. The maximum Gasteiger partial charge on any atom is 0.325 e. The van der Waals surface area contributed by atoms with Gasteiger partial charge in [-0.15, -0.1) is 0 Å². The molecular weight excluding hydrogens is 204 g/mol. The predicted octanol–water partition coefficient (Wildman–Crippen LogP) is -0.0424. The average molecular weight is 220 g/mol. The molecule has 0 radical (unpaired) electrons. The minimum absolute atomic E-state index is 0.770. The van der Waals surface area contributed by atoms with Crippen molar-refractivity contribution in [1.82, 2.24) is 0 Å². The van der Waals surface area contributed by atoms with Crippen LogP contribution in [0.5, 0.6) is 0 Å². The first-order valence-electron chi connectivity index (χ1n) is 4.22. The Labute approximate surface area is 88.4 Å². The van der Waals surface area contributed by atoms with Crippen LogP contribution in [-0.4, -0.2) is 46.2 Å². The average Bonchev–Trinajstić information content (AvgIpc) is 2.28. The summed E-state index contributed by atoms with van der Waals surface area (Å²) in [6, 6.07) is 0. The molecule has 6 heteroatoms. The highest BCUT2D eigenvalue weighted by molar-refractivity contribution is 5.96. The van der Waals surface area contributed by atoms with E-state index in [2.05, 4.69) is 9.47 Å². The lowest BCUT2D eigenvalue weighted by molar-refractivity contribution is -0.235. The molecule has 0 atom stereocenters. The Hall–Kier alpha value is -1.14. The molecule has 0 aliphatic rings. The van der Waals surface area contributed by atoms with E-state index in [9.17, 15) is 9.59 Å². The minimum atomic E-state index is -1.40. The Morgan fingerprint density at radius 3 is 1.47 bits per heavy atom. The number of carbonyl (C=O) groups excluding carboxylic acids is 2. The Morgan fingerprint density at radius 2 is 1.27 bits per heavy atom. The molecule has 0 aromatic heterocycles. The molecule has 0 heterocycles. The highest BCUT2D eigenvalue weighted by atomic mass is 16.7. The lowest BCUT2D eigenvalue weighted by Crippen LogP contribution is -2.48. The standard InChI is InChI=1S/C9H16O6/c1-9(14-4,15-5)6(7(10)12-2)8(11)13-3/h6H,1-5H3. The smallest absolute Gasteiger partial charge is 0.325 e. The van der Waals surface area contributed by atoms with Crippen LogP contribution in [0, 0.1) is 5.92 Å². The fourth-order valence-electron chi connectivity index (χ4n) is 1.08. The molecule has 0 saturated heterocycles. The summed E-state index contributed by atoms with van der Waals surface area (Å²) in [6.45, 7) is 1.45. The van der Waals surface area contributed by atoms with Crippen LogP contribution in [0.15, 0.2) is 0 Å². The van der Waals surface area contributed by atoms with Gasteiger partial charge in [0.25, 0.3) is 0 Å². The van der Waals surface area contributed by atoms with Gasteiger partial charge in [0.1, 0.15) is 0 Å². The van der Waals surface area contributed by atoms with Gasteiger partial charge in [-0.1, -0.05) is 0 Å². The van der Waals surface area contributed by atoms with E-state index in [1.165, 1.54) is 35.4 Å². The third-order valence-corrected chi connectivity index (χ3v) is 2.21. The molecule has 88 valence electrons. The molecular formula is C9H16O6. The maximum absolute atomic E-state index is 11.4. The van der Waals surface area contributed by atoms with Crippen molar-refractivity contribution in [2.24, 2.45) is 5.92 Å². The first kappa shape index (κ1) is 13.9. The second-order valence-corrected chi connectivity index (χ2v) is 2.90. The zero-order chi connectivity index (χ0) is 12.1. The third-order valence-electron chi connectivity index (χ3n) is 2.21. The van der Waals surface area contributed by atoms with Crippen LogP contribution in [0.4, 0.5) is 0 Å². The van der Waals surface area contributed by atoms with Crippen molar-refractivity contribution in [2.45, 2.75) is 12.7 Å². The molecule has 0 spiro atoms. The van der Waals surface area contributed by atoms with Gasteiger partial charge in [0.15, 0.2) is 5.79 Å². The molecule has 0 unspecified atom stereocenters. The Morgan fingerprint density at radius 1 is 0.933 bits per heavy atom. The van der Waals surface area contributed by atoms with Gasteiger partial charge in [-0.3, -0.25) is 9.59 Å². The molecule has 0 fully saturated rings. The zero-order valence-electron chi connectivity index (χ0n) is 9.53. The lowest BCUT2D eigenvalue weighted by Gasteiger charge is -2.31. The summed E-state index contributed by atoms with van der Waals surface area (Å²) in [7, 11) is 4.98. The van der Waals surface area contributed by atoms with Gasteiger partial charge >= 0.3 is 11.9 Å². The summed E-state index contributed by atoms with van der Waals surface area (Å²) < 4.78 is 18.9. The van der Waals surface area contributed by atoms with Crippen molar-refractivity contribution in [2.75, 3.05) is 28.4 Å². The lowest BCUT2D eigenvalue weighted by atomic mass is 10.00. The summed E-state index contributed by atoms with van der Waals surface area (Å²) in [5.41, 5.74) is 0. The monoisotopic (exact) mass is 220 g/mol. The first-order chi connectivity index (χ1) is 6.96. The van der Waals surface area contributed by atoms with Gasteiger partial charge < -0.3 is 18.9 Å². The van der Waals surface area contributed by atoms with E-state index >= 15 is 0 Å². The topological polar surface area (TPSA) is 71.1 Å². The molecule has 0 N–H and O–H groups in total. The fourth-order valence-corrected chi connectivity index (χ4v) is 1.08. The van der Waals surface area contributed by atoms with E-state index in [0.29, 0.717) is 0 Å². The molecule has 0 amide bonds.